The molecule has 5 heteroatoms. The van der Waals surface area contributed by atoms with Crippen LogP contribution in [0.1, 0.15) is 30.9 Å². The number of hydrogen-bond donors (Lipinski definition) is 1. The van der Waals surface area contributed by atoms with Crippen molar-refractivity contribution in [1.29, 1.82) is 0 Å². The minimum atomic E-state index is -0.103. The number of carbonyl (C=O) groups excluding carboxylic acids is 1. The summed E-state index contributed by atoms with van der Waals surface area (Å²) in [5.74, 6) is 0.156. The van der Waals surface area contributed by atoms with E-state index in [1.165, 1.54) is 0 Å². The van der Waals surface area contributed by atoms with Crippen molar-refractivity contribution in [3.63, 3.8) is 0 Å². The van der Waals surface area contributed by atoms with Gasteiger partial charge in [-0.3, -0.25) is 4.79 Å². The topological polar surface area (TPSA) is 55.6 Å². The molecule has 2 unspecified atom stereocenters. The molecule has 0 radical (unpaired) electrons. The first kappa shape index (κ1) is 16.3. The molecule has 1 amide bonds. The maximum absolute atomic E-state index is 12.7. The van der Waals surface area contributed by atoms with E-state index in [9.17, 15) is 4.79 Å². The number of likely N-dealkylation sites (tertiary alicyclic amines) is 1. The summed E-state index contributed by atoms with van der Waals surface area (Å²) in [7, 11) is 0. The van der Waals surface area contributed by atoms with Gasteiger partial charge < -0.3 is 15.4 Å². The number of nitrogens with zero attached hydrogens (tertiary/aromatic N) is 1. The van der Waals surface area contributed by atoms with Gasteiger partial charge in [-0.25, -0.2) is 0 Å². The molecule has 3 atom stereocenters. The minimum absolute atomic E-state index is 0. The van der Waals surface area contributed by atoms with E-state index in [1.54, 1.807) is 0 Å². The maximum atomic E-state index is 12.7. The lowest BCUT2D eigenvalue weighted by molar-refractivity contribution is -0.144. The number of amides is 1. The third-order valence-electron chi connectivity index (χ3n) is 4.30. The van der Waals surface area contributed by atoms with Crippen LogP contribution in [0.4, 0.5) is 0 Å². The lowest BCUT2D eigenvalue weighted by Crippen LogP contribution is -2.40. The number of hydrogen-bond acceptors (Lipinski definition) is 3. The SMILES string of the molecule is Cl.N[C@H]1CCN(C(=O)C2CCCOC2c2ccccc2)C1. The Bertz CT molecular complexity index is 469. The molecule has 4 nitrogen and oxygen atoms in total. The summed E-state index contributed by atoms with van der Waals surface area (Å²) in [5, 5.41) is 0. The normalized spacial score (nSPS) is 29.0. The van der Waals surface area contributed by atoms with Gasteiger partial charge in [0.25, 0.3) is 0 Å². The molecule has 2 N–H and O–H groups in total. The van der Waals surface area contributed by atoms with E-state index < -0.39 is 0 Å². The van der Waals surface area contributed by atoms with Gasteiger partial charge >= 0.3 is 0 Å². The first-order chi connectivity index (χ1) is 9.75. The van der Waals surface area contributed by atoms with Gasteiger partial charge in [0.2, 0.25) is 5.91 Å². The highest BCUT2D eigenvalue weighted by molar-refractivity contribution is 5.85. The minimum Gasteiger partial charge on any atom is -0.373 e. The van der Waals surface area contributed by atoms with Crippen LogP contribution in [0.2, 0.25) is 0 Å². The molecule has 2 aliphatic rings. The fourth-order valence-electron chi connectivity index (χ4n) is 3.23. The summed E-state index contributed by atoms with van der Waals surface area (Å²) >= 11 is 0. The molecule has 2 aliphatic heterocycles. The van der Waals surface area contributed by atoms with Gasteiger partial charge in [-0.05, 0) is 24.8 Å². The Labute approximate surface area is 132 Å². The highest BCUT2D eigenvalue weighted by atomic mass is 35.5. The van der Waals surface area contributed by atoms with Gasteiger partial charge in [0.15, 0.2) is 0 Å². The van der Waals surface area contributed by atoms with Gasteiger partial charge in [0.1, 0.15) is 0 Å². The molecule has 3 rings (SSSR count). The zero-order valence-corrected chi connectivity index (χ0v) is 12.9. The van der Waals surface area contributed by atoms with E-state index in [1.807, 2.05) is 35.2 Å². The molecule has 0 saturated carbocycles. The molecule has 1 aromatic rings. The van der Waals surface area contributed by atoms with E-state index in [4.69, 9.17) is 10.5 Å². The monoisotopic (exact) mass is 310 g/mol. The highest BCUT2D eigenvalue weighted by Gasteiger charge is 2.37. The van der Waals surface area contributed by atoms with Gasteiger partial charge in [0, 0.05) is 25.7 Å². The number of rotatable bonds is 2. The Kier molecular flexibility index (Phi) is 5.62. The summed E-state index contributed by atoms with van der Waals surface area (Å²) in [5.41, 5.74) is 7.02. The molecule has 0 bridgehead atoms. The van der Waals surface area contributed by atoms with Gasteiger partial charge in [-0.2, -0.15) is 0 Å². The van der Waals surface area contributed by atoms with Crippen LogP contribution in [0.3, 0.4) is 0 Å². The third-order valence-corrected chi connectivity index (χ3v) is 4.30. The van der Waals surface area contributed by atoms with E-state index in [0.29, 0.717) is 6.54 Å². The summed E-state index contributed by atoms with van der Waals surface area (Å²) in [6, 6.07) is 10.2. The molecule has 2 fully saturated rings. The first-order valence-electron chi connectivity index (χ1n) is 7.46. The Morgan fingerprint density at radius 1 is 1.24 bits per heavy atom. The molecule has 21 heavy (non-hydrogen) atoms. The molecular formula is C16H23ClN2O2. The number of nitrogens with two attached hydrogens (primary N) is 1. The maximum Gasteiger partial charge on any atom is 0.228 e. The van der Waals surface area contributed by atoms with Crippen molar-refractivity contribution in [2.24, 2.45) is 11.7 Å². The molecule has 2 saturated heterocycles. The van der Waals surface area contributed by atoms with E-state index in [2.05, 4.69) is 0 Å². The Morgan fingerprint density at radius 3 is 2.67 bits per heavy atom. The lowest BCUT2D eigenvalue weighted by atomic mass is 9.88. The fraction of sp³-hybridized carbons (Fsp3) is 0.562. The largest absolute Gasteiger partial charge is 0.373 e. The number of carbonyl (C=O) groups is 1. The Hall–Kier alpha value is -1.10. The van der Waals surface area contributed by atoms with Crippen LogP contribution in [0.5, 0.6) is 0 Å². The van der Waals surface area contributed by atoms with Crippen molar-refractivity contribution in [2.75, 3.05) is 19.7 Å². The van der Waals surface area contributed by atoms with Gasteiger partial charge in [0.05, 0.1) is 12.0 Å². The Morgan fingerprint density at radius 2 is 2.00 bits per heavy atom. The summed E-state index contributed by atoms with van der Waals surface area (Å²) in [6.45, 7) is 2.22. The van der Waals surface area contributed by atoms with Crippen LogP contribution in [-0.4, -0.2) is 36.5 Å². The second-order valence-corrected chi connectivity index (χ2v) is 5.78. The zero-order valence-electron chi connectivity index (χ0n) is 12.1. The second kappa shape index (κ2) is 7.25. The van der Waals surface area contributed by atoms with Crippen LogP contribution in [0.15, 0.2) is 30.3 Å². The van der Waals surface area contributed by atoms with Crippen molar-refractivity contribution in [3.05, 3.63) is 35.9 Å². The molecule has 0 aliphatic carbocycles. The van der Waals surface area contributed by atoms with Crippen molar-refractivity contribution < 1.29 is 9.53 Å². The van der Waals surface area contributed by atoms with Gasteiger partial charge in [-0.1, -0.05) is 30.3 Å². The van der Waals surface area contributed by atoms with Crippen LogP contribution >= 0.6 is 12.4 Å². The molecular weight excluding hydrogens is 288 g/mol. The van der Waals surface area contributed by atoms with E-state index in [0.717, 1.165) is 38.0 Å². The summed E-state index contributed by atoms with van der Waals surface area (Å²) in [6.07, 6.45) is 2.67. The lowest BCUT2D eigenvalue weighted by Gasteiger charge is -2.33. The zero-order chi connectivity index (χ0) is 13.9. The van der Waals surface area contributed by atoms with Crippen molar-refractivity contribution >= 4 is 18.3 Å². The number of halogens is 1. The molecule has 0 spiro atoms. The van der Waals surface area contributed by atoms with Gasteiger partial charge in [-0.15, -0.1) is 12.4 Å². The van der Waals surface area contributed by atoms with E-state index >= 15 is 0 Å². The molecule has 2 heterocycles. The second-order valence-electron chi connectivity index (χ2n) is 5.78. The third kappa shape index (κ3) is 3.57. The Balaban J connectivity index is 0.00000161. The van der Waals surface area contributed by atoms with Crippen molar-refractivity contribution in [3.8, 4) is 0 Å². The quantitative estimate of drug-likeness (QED) is 0.910. The average molecular weight is 311 g/mol. The number of benzene rings is 1. The number of ether oxygens (including phenoxy) is 1. The molecule has 1 aromatic carbocycles. The smallest absolute Gasteiger partial charge is 0.228 e. The average Bonchev–Trinajstić information content (AvgIpc) is 2.94. The van der Waals surface area contributed by atoms with Crippen molar-refractivity contribution in [2.45, 2.75) is 31.4 Å². The van der Waals surface area contributed by atoms with Crippen LogP contribution in [0, 0.1) is 5.92 Å². The summed E-state index contributed by atoms with van der Waals surface area (Å²) < 4.78 is 5.91. The molecule has 116 valence electrons. The van der Waals surface area contributed by atoms with Crippen LogP contribution in [0.25, 0.3) is 0 Å². The van der Waals surface area contributed by atoms with Crippen LogP contribution in [-0.2, 0) is 9.53 Å². The predicted octanol–water partition coefficient (Wildman–Crippen LogP) is 2.14. The predicted molar refractivity (Wildman–Crippen MR) is 84.3 cm³/mol. The fourth-order valence-corrected chi connectivity index (χ4v) is 3.23. The van der Waals surface area contributed by atoms with Crippen LogP contribution < -0.4 is 5.73 Å². The first-order valence-corrected chi connectivity index (χ1v) is 7.46. The standard InChI is InChI=1S/C16H22N2O2.ClH/c17-13-8-9-18(11-13)16(19)14-7-4-10-20-15(14)12-5-2-1-3-6-12;/h1-3,5-6,13-15H,4,7-11,17H2;1H/t13-,14?,15?;/m0./s1. The van der Waals surface area contributed by atoms with Crippen molar-refractivity contribution in [1.82, 2.24) is 4.90 Å². The highest BCUT2D eigenvalue weighted by Crippen LogP contribution is 2.35. The molecule has 0 aromatic heterocycles. The summed E-state index contributed by atoms with van der Waals surface area (Å²) in [4.78, 5) is 14.6. The van der Waals surface area contributed by atoms with E-state index in [-0.39, 0.29) is 36.4 Å².